The van der Waals surface area contributed by atoms with E-state index < -0.39 is 5.91 Å². The lowest BCUT2D eigenvalue weighted by Gasteiger charge is -2.15. The molecule has 1 aromatic carbocycles. The molecule has 0 saturated carbocycles. The Labute approximate surface area is 127 Å². The fourth-order valence-corrected chi connectivity index (χ4v) is 2.03. The van der Waals surface area contributed by atoms with Gasteiger partial charge in [0.1, 0.15) is 17.3 Å². The molecule has 1 amide bonds. The minimum absolute atomic E-state index is 0.0519. The molecular weight excluding hydrogens is 293 g/mol. The minimum Gasteiger partial charge on any atom is -0.384 e. The summed E-state index contributed by atoms with van der Waals surface area (Å²) >= 11 is 5.93. The molecule has 1 unspecified atom stereocenters. The van der Waals surface area contributed by atoms with E-state index >= 15 is 0 Å². The maximum atomic E-state index is 13.6. The van der Waals surface area contributed by atoms with Crippen molar-refractivity contribution in [2.24, 2.45) is 0 Å². The Kier molecular flexibility index (Phi) is 4.43. The largest absolute Gasteiger partial charge is 0.384 e. The lowest BCUT2D eigenvalue weighted by molar-refractivity contribution is 0.0935. The number of amides is 1. The molecule has 0 aliphatic heterocycles. The number of nitrogens with one attached hydrogen (secondary N) is 1. The van der Waals surface area contributed by atoms with E-state index in [4.69, 9.17) is 17.3 Å². The zero-order valence-electron chi connectivity index (χ0n) is 11.7. The van der Waals surface area contributed by atoms with Crippen LogP contribution in [0, 0.1) is 12.7 Å². The van der Waals surface area contributed by atoms with E-state index in [0.29, 0.717) is 11.1 Å². The van der Waals surface area contributed by atoms with Gasteiger partial charge in [-0.25, -0.2) is 9.37 Å². The summed E-state index contributed by atoms with van der Waals surface area (Å²) < 4.78 is 13.6. The average molecular weight is 308 g/mol. The molecule has 21 heavy (non-hydrogen) atoms. The van der Waals surface area contributed by atoms with Crippen molar-refractivity contribution in [3.8, 4) is 0 Å². The van der Waals surface area contributed by atoms with Crippen molar-refractivity contribution in [1.29, 1.82) is 0 Å². The highest BCUT2D eigenvalue weighted by molar-refractivity contribution is 6.33. The van der Waals surface area contributed by atoms with Crippen LogP contribution in [-0.4, -0.2) is 10.9 Å². The summed E-state index contributed by atoms with van der Waals surface area (Å²) in [6, 6.07) is 7.46. The summed E-state index contributed by atoms with van der Waals surface area (Å²) in [5.74, 6) is -0.562. The molecule has 0 fully saturated rings. The first kappa shape index (κ1) is 15.3. The van der Waals surface area contributed by atoms with E-state index in [0.717, 1.165) is 0 Å². The van der Waals surface area contributed by atoms with Crippen molar-refractivity contribution in [1.82, 2.24) is 10.3 Å². The first-order chi connectivity index (χ1) is 9.88. The SMILES string of the molecule is Cc1ccc(C(C)NC(=O)c2nc(N)ccc2Cl)cc1F. The molecule has 0 spiro atoms. The second kappa shape index (κ2) is 6.10. The zero-order valence-corrected chi connectivity index (χ0v) is 12.4. The van der Waals surface area contributed by atoms with Crippen molar-refractivity contribution in [3.63, 3.8) is 0 Å². The monoisotopic (exact) mass is 307 g/mol. The number of nitrogens with two attached hydrogens (primary N) is 1. The number of halogens is 2. The van der Waals surface area contributed by atoms with Gasteiger partial charge >= 0.3 is 0 Å². The van der Waals surface area contributed by atoms with Gasteiger partial charge in [0, 0.05) is 0 Å². The molecule has 0 bridgehead atoms. The van der Waals surface area contributed by atoms with E-state index in [1.165, 1.54) is 18.2 Å². The third-order valence-electron chi connectivity index (χ3n) is 3.13. The molecule has 0 saturated heterocycles. The number of aryl methyl sites for hydroxylation is 1. The molecular formula is C15H15ClFN3O. The molecule has 2 rings (SSSR count). The molecule has 4 nitrogen and oxygen atoms in total. The van der Waals surface area contributed by atoms with Crippen molar-refractivity contribution in [3.05, 3.63) is 58.0 Å². The second-order valence-electron chi connectivity index (χ2n) is 4.77. The number of nitrogen functional groups attached to an aromatic ring is 1. The highest BCUT2D eigenvalue weighted by Gasteiger charge is 2.16. The standard InChI is InChI=1S/C15H15ClFN3O/c1-8-3-4-10(7-12(8)17)9(2)19-15(21)14-11(16)5-6-13(18)20-14/h3-7,9H,1-2H3,(H2,18,20)(H,19,21). The predicted octanol–water partition coefficient (Wildman–Crippen LogP) is 3.26. The summed E-state index contributed by atoms with van der Waals surface area (Å²) in [5.41, 5.74) is 6.81. The van der Waals surface area contributed by atoms with Crippen LogP contribution >= 0.6 is 11.6 Å². The number of benzene rings is 1. The number of hydrogen-bond acceptors (Lipinski definition) is 3. The Morgan fingerprint density at radius 2 is 2.10 bits per heavy atom. The van der Waals surface area contributed by atoms with Crippen LogP contribution in [0.4, 0.5) is 10.2 Å². The number of hydrogen-bond donors (Lipinski definition) is 2. The van der Waals surface area contributed by atoms with Crippen molar-refractivity contribution in [2.75, 3.05) is 5.73 Å². The van der Waals surface area contributed by atoms with E-state index in [2.05, 4.69) is 10.3 Å². The summed E-state index contributed by atoms with van der Waals surface area (Å²) in [6.07, 6.45) is 0. The maximum Gasteiger partial charge on any atom is 0.271 e. The van der Waals surface area contributed by atoms with Gasteiger partial charge in [0.05, 0.1) is 11.1 Å². The number of nitrogens with zero attached hydrogens (tertiary/aromatic N) is 1. The van der Waals surface area contributed by atoms with Crippen LogP contribution in [0.3, 0.4) is 0 Å². The summed E-state index contributed by atoms with van der Waals surface area (Å²) in [7, 11) is 0. The van der Waals surface area contributed by atoms with E-state index in [1.54, 1.807) is 26.0 Å². The molecule has 0 radical (unpaired) electrons. The third-order valence-corrected chi connectivity index (χ3v) is 3.43. The molecule has 1 atom stereocenters. The summed E-state index contributed by atoms with van der Waals surface area (Å²) in [4.78, 5) is 16.1. The highest BCUT2D eigenvalue weighted by atomic mass is 35.5. The van der Waals surface area contributed by atoms with Crippen molar-refractivity contribution < 1.29 is 9.18 Å². The zero-order chi connectivity index (χ0) is 15.6. The molecule has 1 heterocycles. The molecule has 6 heteroatoms. The number of anilines is 1. The predicted molar refractivity (Wildman–Crippen MR) is 80.7 cm³/mol. The second-order valence-corrected chi connectivity index (χ2v) is 5.18. The Balaban J connectivity index is 2.18. The fourth-order valence-electron chi connectivity index (χ4n) is 1.84. The summed E-state index contributed by atoms with van der Waals surface area (Å²) in [6.45, 7) is 3.43. The van der Waals surface area contributed by atoms with Gasteiger partial charge < -0.3 is 11.1 Å². The molecule has 0 aliphatic carbocycles. The number of aromatic nitrogens is 1. The van der Waals surface area contributed by atoms with Gasteiger partial charge in [-0.2, -0.15) is 0 Å². The lowest BCUT2D eigenvalue weighted by Crippen LogP contribution is -2.28. The quantitative estimate of drug-likeness (QED) is 0.914. The van der Waals surface area contributed by atoms with Gasteiger partial charge in [0.15, 0.2) is 0 Å². The Bertz CT molecular complexity index is 691. The van der Waals surface area contributed by atoms with Crippen molar-refractivity contribution in [2.45, 2.75) is 19.9 Å². The van der Waals surface area contributed by atoms with Gasteiger partial charge in [-0.3, -0.25) is 4.79 Å². The Morgan fingerprint density at radius 3 is 2.76 bits per heavy atom. The van der Waals surface area contributed by atoms with Gasteiger partial charge in [0.25, 0.3) is 5.91 Å². The Hall–Kier alpha value is -2.14. The van der Waals surface area contributed by atoms with Crippen LogP contribution in [0.5, 0.6) is 0 Å². The van der Waals surface area contributed by atoms with E-state index in [1.807, 2.05) is 0 Å². The topological polar surface area (TPSA) is 68.0 Å². The maximum absolute atomic E-state index is 13.6. The average Bonchev–Trinajstić information content (AvgIpc) is 2.44. The van der Waals surface area contributed by atoms with Gasteiger partial charge in [-0.1, -0.05) is 23.7 Å². The molecule has 2 aromatic rings. The van der Waals surface area contributed by atoms with Crippen LogP contribution in [-0.2, 0) is 0 Å². The van der Waals surface area contributed by atoms with Crippen LogP contribution in [0.25, 0.3) is 0 Å². The first-order valence-electron chi connectivity index (χ1n) is 6.37. The van der Waals surface area contributed by atoms with Gasteiger partial charge in [-0.15, -0.1) is 0 Å². The van der Waals surface area contributed by atoms with Crippen molar-refractivity contribution >= 4 is 23.3 Å². The fraction of sp³-hybridized carbons (Fsp3) is 0.200. The molecule has 0 aliphatic rings. The van der Waals surface area contributed by atoms with E-state index in [9.17, 15) is 9.18 Å². The third kappa shape index (κ3) is 3.49. The normalized spacial score (nSPS) is 12.0. The van der Waals surface area contributed by atoms with Crippen LogP contribution in [0.2, 0.25) is 5.02 Å². The van der Waals surface area contributed by atoms with Crippen LogP contribution in [0.15, 0.2) is 30.3 Å². The summed E-state index contributed by atoms with van der Waals surface area (Å²) in [5, 5.41) is 2.93. The van der Waals surface area contributed by atoms with Gasteiger partial charge in [-0.05, 0) is 43.2 Å². The highest BCUT2D eigenvalue weighted by Crippen LogP contribution is 2.19. The van der Waals surface area contributed by atoms with Crippen LogP contribution < -0.4 is 11.1 Å². The number of carbonyl (C=O) groups excluding carboxylic acids is 1. The Morgan fingerprint density at radius 1 is 1.38 bits per heavy atom. The van der Waals surface area contributed by atoms with E-state index in [-0.39, 0.29) is 28.4 Å². The number of carbonyl (C=O) groups is 1. The van der Waals surface area contributed by atoms with Gasteiger partial charge in [0.2, 0.25) is 0 Å². The minimum atomic E-state index is -0.458. The smallest absolute Gasteiger partial charge is 0.271 e. The molecule has 1 aromatic heterocycles. The molecule has 110 valence electrons. The first-order valence-corrected chi connectivity index (χ1v) is 6.75. The molecule has 3 N–H and O–H groups in total. The van der Waals surface area contributed by atoms with Crippen LogP contribution in [0.1, 0.15) is 34.6 Å². The lowest BCUT2D eigenvalue weighted by atomic mass is 10.1. The number of pyridine rings is 1. The number of rotatable bonds is 3.